The van der Waals surface area contributed by atoms with Crippen molar-refractivity contribution in [3.63, 3.8) is 0 Å². The van der Waals surface area contributed by atoms with E-state index >= 15 is 4.39 Å². The number of aryl methyl sites for hydroxylation is 2. The summed E-state index contributed by atoms with van der Waals surface area (Å²) in [5, 5.41) is 9.01. The number of carbonyl (C=O) groups is 2. The van der Waals surface area contributed by atoms with Crippen LogP contribution in [0.25, 0.3) is 10.9 Å². The van der Waals surface area contributed by atoms with Gasteiger partial charge in [-0.2, -0.15) is 0 Å². The van der Waals surface area contributed by atoms with E-state index in [1.54, 1.807) is 31.5 Å². The third kappa shape index (κ3) is 7.62. The van der Waals surface area contributed by atoms with Crippen LogP contribution in [-0.2, 0) is 16.0 Å². The molecule has 3 aromatic carbocycles. The average molecular weight is 601 g/mol. The molecule has 0 aliphatic carbocycles. The number of amides is 2. The molecule has 0 bridgehead atoms. The Labute approximate surface area is 256 Å². The second-order valence-electron chi connectivity index (χ2n) is 11.0. The molecule has 44 heavy (non-hydrogen) atoms. The molecule has 1 fully saturated rings. The van der Waals surface area contributed by atoms with E-state index in [-0.39, 0.29) is 11.4 Å². The number of hydrogen-bond donors (Lipinski definition) is 3. The number of carbonyl (C=O) groups excluding carboxylic acids is 2. The van der Waals surface area contributed by atoms with Crippen molar-refractivity contribution in [2.24, 2.45) is 5.92 Å². The summed E-state index contributed by atoms with van der Waals surface area (Å²) in [5.74, 6) is -0.501. The fourth-order valence-electron chi connectivity index (χ4n) is 5.07. The molecular weight excluding hydrogens is 563 g/mol. The summed E-state index contributed by atoms with van der Waals surface area (Å²) in [7, 11) is 1.56. The van der Waals surface area contributed by atoms with Crippen LogP contribution in [0.1, 0.15) is 29.5 Å². The molecule has 2 heterocycles. The van der Waals surface area contributed by atoms with Crippen LogP contribution in [-0.4, -0.2) is 50.1 Å². The number of nitrogens with one attached hydrogen (secondary N) is 3. The molecule has 0 unspecified atom stereocenters. The van der Waals surface area contributed by atoms with E-state index in [2.05, 4.69) is 27.0 Å². The summed E-state index contributed by atoms with van der Waals surface area (Å²) >= 11 is 0. The molecule has 1 aliphatic heterocycles. The maximum atomic E-state index is 15.1. The molecule has 5 rings (SSSR count). The second-order valence-corrected chi connectivity index (χ2v) is 11.0. The largest absolute Gasteiger partial charge is 0.493 e. The molecule has 0 radical (unpaired) electrons. The van der Waals surface area contributed by atoms with Gasteiger partial charge < -0.3 is 30.2 Å². The predicted octanol–water partition coefficient (Wildman–Crippen LogP) is 5.47. The molecular formula is C34H37FN4O5. The van der Waals surface area contributed by atoms with Crippen molar-refractivity contribution in [1.29, 1.82) is 0 Å². The zero-order valence-electron chi connectivity index (χ0n) is 25.2. The van der Waals surface area contributed by atoms with Crippen LogP contribution in [0.5, 0.6) is 23.0 Å². The first-order valence-corrected chi connectivity index (χ1v) is 14.7. The van der Waals surface area contributed by atoms with Gasteiger partial charge in [0.25, 0.3) is 0 Å². The highest BCUT2D eigenvalue weighted by Crippen LogP contribution is 2.38. The third-order valence-electron chi connectivity index (χ3n) is 7.81. The minimum Gasteiger partial charge on any atom is -0.493 e. The summed E-state index contributed by atoms with van der Waals surface area (Å²) in [6.45, 7) is 6.92. The van der Waals surface area contributed by atoms with Gasteiger partial charge in [-0.1, -0.05) is 18.2 Å². The Morgan fingerprint density at radius 1 is 0.932 bits per heavy atom. The van der Waals surface area contributed by atoms with Crippen LogP contribution >= 0.6 is 0 Å². The molecule has 3 N–H and O–H groups in total. The van der Waals surface area contributed by atoms with E-state index < -0.39 is 17.6 Å². The summed E-state index contributed by atoms with van der Waals surface area (Å²) < 4.78 is 32.7. The summed E-state index contributed by atoms with van der Waals surface area (Å²) in [6.07, 6.45) is 4.28. The van der Waals surface area contributed by atoms with Crippen LogP contribution < -0.4 is 30.2 Å². The van der Waals surface area contributed by atoms with Crippen molar-refractivity contribution in [2.75, 3.05) is 38.7 Å². The van der Waals surface area contributed by atoms with Crippen molar-refractivity contribution in [1.82, 2.24) is 15.6 Å². The lowest BCUT2D eigenvalue weighted by molar-refractivity contribution is -0.136. The van der Waals surface area contributed by atoms with Crippen LogP contribution in [0.15, 0.2) is 60.8 Å². The first-order chi connectivity index (χ1) is 21.3. The first-order valence-electron chi connectivity index (χ1n) is 14.7. The van der Waals surface area contributed by atoms with E-state index in [9.17, 15) is 9.59 Å². The van der Waals surface area contributed by atoms with Gasteiger partial charge >= 0.3 is 11.8 Å². The molecule has 1 aliphatic rings. The molecule has 2 amide bonds. The number of pyridine rings is 1. The lowest BCUT2D eigenvalue weighted by Crippen LogP contribution is -2.36. The van der Waals surface area contributed by atoms with Crippen LogP contribution in [0, 0.1) is 25.6 Å². The van der Waals surface area contributed by atoms with Gasteiger partial charge in [-0.3, -0.25) is 14.6 Å². The van der Waals surface area contributed by atoms with Crippen molar-refractivity contribution >= 4 is 28.4 Å². The molecule has 0 spiro atoms. The number of benzene rings is 3. The topological polar surface area (TPSA) is 111 Å². The fraction of sp³-hybridized carbons (Fsp3) is 0.324. The molecule has 4 aromatic rings. The summed E-state index contributed by atoms with van der Waals surface area (Å²) in [6, 6.07) is 15.2. The summed E-state index contributed by atoms with van der Waals surface area (Å²) in [4.78, 5) is 29.1. The quantitative estimate of drug-likeness (QED) is 0.207. The normalized spacial score (nSPS) is 13.4. The van der Waals surface area contributed by atoms with E-state index in [1.807, 2.05) is 26.0 Å². The van der Waals surface area contributed by atoms with Gasteiger partial charge in [0, 0.05) is 35.9 Å². The Hall–Kier alpha value is -4.70. The molecule has 1 saturated heterocycles. The number of methoxy groups -OCH3 is 1. The highest BCUT2D eigenvalue weighted by Gasteiger charge is 2.18. The smallest absolute Gasteiger partial charge is 0.313 e. The highest BCUT2D eigenvalue weighted by molar-refractivity contribution is 6.39. The molecule has 0 atom stereocenters. The van der Waals surface area contributed by atoms with E-state index in [1.165, 1.54) is 23.3 Å². The molecule has 10 heteroatoms. The molecule has 0 saturated carbocycles. The molecule has 230 valence electrons. The van der Waals surface area contributed by atoms with Gasteiger partial charge in [-0.15, -0.1) is 0 Å². The van der Waals surface area contributed by atoms with Crippen molar-refractivity contribution in [3.05, 3.63) is 83.3 Å². The van der Waals surface area contributed by atoms with Crippen molar-refractivity contribution in [3.8, 4) is 23.0 Å². The van der Waals surface area contributed by atoms with Crippen LogP contribution in [0.2, 0.25) is 0 Å². The average Bonchev–Trinajstić information content (AvgIpc) is 3.03. The van der Waals surface area contributed by atoms with Crippen molar-refractivity contribution < 1.29 is 28.2 Å². The Bertz CT molecular complexity index is 1650. The van der Waals surface area contributed by atoms with Gasteiger partial charge in [0.05, 0.1) is 19.2 Å². The Morgan fingerprint density at radius 2 is 1.75 bits per heavy atom. The number of nitrogens with zero attached hydrogens (tertiary/aromatic N) is 1. The number of piperidine rings is 1. The maximum Gasteiger partial charge on any atom is 0.313 e. The van der Waals surface area contributed by atoms with Crippen LogP contribution in [0.4, 0.5) is 10.1 Å². The number of rotatable bonds is 10. The van der Waals surface area contributed by atoms with Crippen molar-refractivity contribution in [2.45, 2.75) is 33.1 Å². The third-order valence-corrected chi connectivity index (χ3v) is 7.81. The number of fused-ring (bicyclic) bond motifs is 1. The molecule has 9 nitrogen and oxygen atoms in total. The van der Waals surface area contributed by atoms with Gasteiger partial charge in [0.2, 0.25) is 0 Å². The zero-order valence-corrected chi connectivity index (χ0v) is 25.2. The van der Waals surface area contributed by atoms with Gasteiger partial charge in [0.1, 0.15) is 5.75 Å². The summed E-state index contributed by atoms with van der Waals surface area (Å²) in [5.41, 5.74) is 4.16. The Morgan fingerprint density at radius 3 is 2.50 bits per heavy atom. The Balaban J connectivity index is 1.21. The predicted molar refractivity (Wildman–Crippen MR) is 167 cm³/mol. The second kappa shape index (κ2) is 14.2. The number of hydrogen-bond acceptors (Lipinski definition) is 7. The minimum absolute atomic E-state index is 0.0569. The number of aromatic nitrogens is 1. The van der Waals surface area contributed by atoms with Gasteiger partial charge in [0.15, 0.2) is 23.1 Å². The maximum absolute atomic E-state index is 15.1. The zero-order chi connectivity index (χ0) is 31.1. The van der Waals surface area contributed by atoms with E-state index in [0.29, 0.717) is 53.6 Å². The monoisotopic (exact) mass is 600 g/mol. The van der Waals surface area contributed by atoms with Gasteiger partial charge in [-0.05, 0) is 93.1 Å². The lowest BCUT2D eigenvalue weighted by atomic mass is 9.99. The number of ether oxygens (including phenoxy) is 3. The Kier molecular flexibility index (Phi) is 9.91. The standard InChI is InChI=1S/C34H37FN4O5/c1-21-4-5-23(16-22(21)2)10-14-38-33(40)34(41)39-25-6-7-30(27(35)17-25)44-29-11-15-37-28-19-32(31(42-3)18-26(28)29)43-20-24-8-12-36-13-9-24/h4-7,11,15-19,24,36H,8-10,12-14,20H2,1-3H3,(H,38,40)(H,39,41). The SMILES string of the molecule is COc1cc2c(Oc3ccc(NC(=O)C(=O)NCCc4ccc(C)c(C)c4)cc3F)ccnc2cc1OCC1CCNCC1. The van der Waals surface area contributed by atoms with E-state index in [0.717, 1.165) is 37.6 Å². The van der Waals surface area contributed by atoms with Crippen LogP contribution in [0.3, 0.4) is 0 Å². The van der Waals surface area contributed by atoms with E-state index in [4.69, 9.17) is 14.2 Å². The number of halogens is 1. The fourth-order valence-corrected chi connectivity index (χ4v) is 5.07. The lowest BCUT2D eigenvalue weighted by Gasteiger charge is -2.23. The molecule has 1 aromatic heterocycles. The van der Waals surface area contributed by atoms with Gasteiger partial charge in [-0.25, -0.2) is 4.39 Å². The number of anilines is 1. The minimum atomic E-state index is -0.886. The highest BCUT2D eigenvalue weighted by atomic mass is 19.1. The first kappa shape index (κ1) is 30.7.